The molecule has 0 fully saturated rings. The van der Waals surface area contributed by atoms with Gasteiger partial charge in [0.2, 0.25) is 0 Å². The van der Waals surface area contributed by atoms with Crippen molar-refractivity contribution in [2.24, 2.45) is 5.73 Å². The van der Waals surface area contributed by atoms with E-state index in [4.69, 9.17) is 5.73 Å². The van der Waals surface area contributed by atoms with Crippen LogP contribution in [0.5, 0.6) is 0 Å². The lowest BCUT2D eigenvalue weighted by Gasteiger charge is -2.45. The van der Waals surface area contributed by atoms with E-state index in [1.165, 1.54) is 22.3 Å². The molecule has 0 saturated carbocycles. The van der Waals surface area contributed by atoms with Crippen molar-refractivity contribution in [3.8, 4) is 0 Å². The van der Waals surface area contributed by atoms with Crippen LogP contribution in [0.2, 0.25) is 0 Å². The molecule has 0 atom stereocenters. The van der Waals surface area contributed by atoms with Gasteiger partial charge in [-0.2, -0.15) is 0 Å². The molecule has 6 aromatic rings. The molecule has 1 aromatic heterocycles. The predicted molar refractivity (Wildman–Crippen MR) is 195 cm³/mol. The van der Waals surface area contributed by atoms with Crippen LogP contribution >= 0.6 is 12.6 Å². The Morgan fingerprint density at radius 1 is 0.587 bits per heavy atom. The van der Waals surface area contributed by atoms with E-state index in [2.05, 4.69) is 152 Å². The van der Waals surface area contributed by atoms with Gasteiger partial charge in [-0.15, -0.1) is 12.6 Å². The Labute approximate surface area is 280 Å². The molecule has 0 aliphatic rings. The lowest BCUT2D eigenvalue weighted by Crippen LogP contribution is -2.47. The van der Waals surface area contributed by atoms with Crippen molar-refractivity contribution in [2.75, 3.05) is 6.54 Å². The van der Waals surface area contributed by atoms with Crippen LogP contribution in [-0.4, -0.2) is 16.4 Å². The predicted octanol–water partition coefficient (Wildman–Crippen LogP) is 9.40. The quantitative estimate of drug-likeness (QED) is 0.125. The summed E-state index contributed by atoms with van der Waals surface area (Å²) in [7, 11) is 0. The van der Waals surface area contributed by atoms with Crippen LogP contribution in [0.1, 0.15) is 52.9 Å². The van der Waals surface area contributed by atoms with Crippen molar-refractivity contribution >= 4 is 12.6 Å². The summed E-state index contributed by atoms with van der Waals surface area (Å²) in [6.45, 7) is 7.99. The van der Waals surface area contributed by atoms with Gasteiger partial charge in [-0.25, -0.2) is 0 Å². The molecular formula is C42H43N3S. The fourth-order valence-corrected chi connectivity index (χ4v) is 6.24. The van der Waals surface area contributed by atoms with Crippen molar-refractivity contribution in [3.05, 3.63) is 203 Å². The van der Waals surface area contributed by atoms with E-state index in [1.807, 2.05) is 55.6 Å². The molecule has 46 heavy (non-hydrogen) atoms. The molecule has 4 heteroatoms. The van der Waals surface area contributed by atoms with Crippen LogP contribution in [0, 0.1) is 6.92 Å². The number of rotatable bonds is 9. The molecule has 0 spiro atoms. The van der Waals surface area contributed by atoms with E-state index < -0.39 is 11.1 Å². The monoisotopic (exact) mass is 621 g/mol. The van der Waals surface area contributed by atoms with Gasteiger partial charge in [0.25, 0.3) is 0 Å². The first-order chi connectivity index (χ1) is 22.4. The molecule has 0 aliphatic heterocycles. The topological polar surface area (TPSA) is 42.1 Å². The Bertz CT molecular complexity index is 1670. The Kier molecular flexibility index (Phi) is 10.9. The van der Waals surface area contributed by atoms with Crippen molar-refractivity contribution in [1.29, 1.82) is 0 Å². The number of nitrogens with two attached hydrogens (primary N) is 1. The number of nitrogens with zero attached hydrogens (tertiary/aromatic N) is 2. The van der Waals surface area contributed by atoms with Gasteiger partial charge < -0.3 is 5.73 Å². The third-order valence-electron chi connectivity index (χ3n) is 8.62. The van der Waals surface area contributed by atoms with E-state index in [0.29, 0.717) is 0 Å². The molecule has 3 nitrogen and oxygen atoms in total. The maximum absolute atomic E-state index is 6.36. The fourth-order valence-electron chi connectivity index (χ4n) is 6.11. The lowest BCUT2D eigenvalue weighted by molar-refractivity contribution is 0.154. The second kappa shape index (κ2) is 15.2. The van der Waals surface area contributed by atoms with Crippen molar-refractivity contribution in [1.82, 2.24) is 9.88 Å². The van der Waals surface area contributed by atoms with Crippen molar-refractivity contribution in [2.45, 2.75) is 43.3 Å². The highest BCUT2D eigenvalue weighted by Gasteiger charge is 2.41. The summed E-state index contributed by atoms with van der Waals surface area (Å²) >= 11 is 4.41. The molecule has 5 aromatic carbocycles. The number of hydrogen-bond donors (Lipinski definition) is 2. The highest BCUT2D eigenvalue weighted by atomic mass is 32.1. The molecule has 0 amide bonds. The Morgan fingerprint density at radius 2 is 1.00 bits per heavy atom. The van der Waals surface area contributed by atoms with E-state index >= 15 is 0 Å². The first kappa shape index (κ1) is 32.9. The molecule has 0 bridgehead atoms. The second-order valence-electron chi connectivity index (χ2n) is 11.8. The Balaban J connectivity index is 0.000000232. The third kappa shape index (κ3) is 7.32. The van der Waals surface area contributed by atoms with Crippen LogP contribution in [0.4, 0.5) is 0 Å². The molecule has 0 saturated heterocycles. The van der Waals surface area contributed by atoms with Crippen LogP contribution in [-0.2, 0) is 17.6 Å². The van der Waals surface area contributed by atoms with Crippen molar-refractivity contribution < 1.29 is 0 Å². The van der Waals surface area contributed by atoms with E-state index in [-0.39, 0.29) is 0 Å². The number of benzene rings is 5. The summed E-state index contributed by atoms with van der Waals surface area (Å²) in [6, 6.07) is 55.0. The van der Waals surface area contributed by atoms with Gasteiger partial charge in [0.15, 0.2) is 0 Å². The summed E-state index contributed by atoms with van der Waals surface area (Å²) in [5, 5.41) is 0. The normalized spacial score (nSPS) is 11.5. The summed E-state index contributed by atoms with van der Waals surface area (Å²) < 4.78 is 0. The van der Waals surface area contributed by atoms with Crippen LogP contribution in [0.15, 0.2) is 169 Å². The van der Waals surface area contributed by atoms with Crippen molar-refractivity contribution in [3.63, 3.8) is 0 Å². The van der Waals surface area contributed by atoms with Gasteiger partial charge in [-0.05, 0) is 60.3 Å². The first-order valence-electron chi connectivity index (χ1n) is 15.8. The van der Waals surface area contributed by atoms with Gasteiger partial charge in [-0.1, -0.05) is 158 Å². The van der Waals surface area contributed by atoms with Crippen LogP contribution < -0.4 is 5.73 Å². The number of pyridine rings is 1. The summed E-state index contributed by atoms with van der Waals surface area (Å²) in [4.78, 5) is 8.05. The van der Waals surface area contributed by atoms with E-state index in [9.17, 15) is 0 Å². The first-order valence-corrected chi connectivity index (χ1v) is 16.3. The van der Waals surface area contributed by atoms with Gasteiger partial charge >= 0.3 is 0 Å². The fraction of sp³-hybridized carbons (Fsp3) is 0.167. The molecule has 0 radical (unpaired) electrons. The highest BCUT2D eigenvalue weighted by molar-refractivity contribution is 7.80. The molecule has 6 rings (SSSR count). The van der Waals surface area contributed by atoms with Gasteiger partial charge in [0, 0.05) is 17.6 Å². The highest BCUT2D eigenvalue weighted by Crippen LogP contribution is 2.43. The summed E-state index contributed by atoms with van der Waals surface area (Å²) in [6.07, 6.45) is 1.82. The smallest absolute Gasteiger partial charge is 0.0976 e. The standard InChI is InChI=1S/C28H28N2S.C14H15N/c1-3-30(21-26-18-19-27(31)20-29-26)28(23-10-6-4-7-11-23,24-12-8-5-9-13-24)25-16-14-22(2)15-17-25;1-14(15,12-8-4-2-5-9-12)13-10-6-3-7-11-13/h4-20,31H,3,21H2,1-2H3;2-11H,15H2,1H3. The second-order valence-corrected chi connectivity index (χ2v) is 12.3. The largest absolute Gasteiger partial charge is 0.318 e. The molecular weight excluding hydrogens is 579 g/mol. The lowest BCUT2D eigenvalue weighted by atomic mass is 9.75. The number of hydrogen-bond acceptors (Lipinski definition) is 4. The molecule has 0 unspecified atom stereocenters. The van der Waals surface area contributed by atoms with Gasteiger partial charge in [-0.3, -0.25) is 9.88 Å². The van der Waals surface area contributed by atoms with E-state index in [0.717, 1.165) is 34.8 Å². The van der Waals surface area contributed by atoms with Gasteiger partial charge in [0.05, 0.1) is 16.8 Å². The van der Waals surface area contributed by atoms with Crippen LogP contribution in [0.25, 0.3) is 0 Å². The molecule has 1 heterocycles. The SMILES string of the molecule is CC(N)(c1ccccc1)c1ccccc1.CCN(Cc1ccc(S)cn1)C(c1ccccc1)(c1ccccc1)c1ccc(C)cc1. The van der Waals surface area contributed by atoms with Gasteiger partial charge in [0.1, 0.15) is 0 Å². The number of thiol groups is 1. The molecule has 2 N–H and O–H groups in total. The third-order valence-corrected chi connectivity index (χ3v) is 8.88. The zero-order valence-corrected chi connectivity index (χ0v) is 27.8. The molecule has 232 valence electrons. The average molecular weight is 622 g/mol. The minimum Gasteiger partial charge on any atom is -0.318 e. The summed E-state index contributed by atoms with van der Waals surface area (Å²) in [5.74, 6) is 0. The summed E-state index contributed by atoms with van der Waals surface area (Å²) in [5.41, 5.74) is 13.8. The number of aromatic nitrogens is 1. The number of aryl methyl sites for hydroxylation is 1. The van der Waals surface area contributed by atoms with Crippen LogP contribution in [0.3, 0.4) is 0 Å². The Morgan fingerprint density at radius 3 is 1.39 bits per heavy atom. The molecule has 0 aliphatic carbocycles. The zero-order valence-electron chi connectivity index (χ0n) is 26.9. The minimum atomic E-state index is -0.438. The minimum absolute atomic E-state index is 0.414. The maximum atomic E-state index is 6.36. The van der Waals surface area contributed by atoms with E-state index in [1.54, 1.807) is 0 Å². The maximum Gasteiger partial charge on any atom is 0.0976 e. The average Bonchev–Trinajstić information content (AvgIpc) is 3.11. The zero-order chi connectivity index (χ0) is 32.4. The Hall–Kier alpha value is -4.48.